The van der Waals surface area contributed by atoms with E-state index in [0.29, 0.717) is 19.6 Å². The van der Waals surface area contributed by atoms with Crippen LogP contribution in [0.4, 0.5) is 4.79 Å². The Balaban J connectivity index is 2.38. The van der Waals surface area contributed by atoms with E-state index in [0.717, 1.165) is 0 Å². The van der Waals surface area contributed by atoms with Gasteiger partial charge in [-0.1, -0.05) is 13.0 Å². The van der Waals surface area contributed by atoms with Crippen LogP contribution in [0.15, 0.2) is 12.7 Å². The monoisotopic (exact) mass is 283 g/mol. The standard InChI is InChI=1S/C13H21N3O4/c1-4-5-14-13(19)15-11(17)8-16-6-9(2)10(7-16)12(18)20-3/h4,9-10H,1,5-8H2,2-3H3,(H2,14,15,17,19). The number of nitrogens with zero attached hydrogens (tertiary/aromatic N) is 1. The predicted molar refractivity (Wildman–Crippen MR) is 72.8 cm³/mol. The number of imide groups is 1. The first-order chi connectivity index (χ1) is 9.47. The van der Waals surface area contributed by atoms with E-state index in [2.05, 4.69) is 17.2 Å². The number of nitrogens with one attached hydrogen (secondary N) is 2. The van der Waals surface area contributed by atoms with Crippen LogP contribution in [0.3, 0.4) is 0 Å². The number of rotatable bonds is 5. The summed E-state index contributed by atoms with van der Waals surface area (Å²) in [5.41, 5.74) is 0. The fraction of sp³-hybridized carbons (Fsp3) is 0.615. The number of urea groups is 1. The molecule has 1 aliphatic heterocycles. The highest BCUT2D eigenvalue weighted by atomic mass is 16.5. The van der Waals surface area contributed by atoms with Crippen LogP contribution in [0.1, 0.15) is 6.92 Å². The zero-order chi connectivity index (χ0) is 15.1. The van der Waals surface area contributed by atoms with E-state index in [9.17, 15) is 14.4 Å². The summed E-state index contributed by atoms with van der Waals surface area (Å²) in [6, 6.07) is -0.549. The smallest absolute Gasteiger partial charge is 0.321 e. The molecule has 2 N–H and O–H groups in total. The Morgan fingerprint density at radius 2 is 2.10 bits per heavy atom. The van der Waals surface area contributed by atoms with E-state index in [1.54, 1.807) is 0 Å². The largest absolute Gasteiger partial charge is 0.469 e. The molecule has 0 bridgehead atoms. The summed E-state index contributed by atoms with van der Waals surface area (Å²) in [5.74, 6) is -0.749. The van der Waals surface area contributed by atoms with Crippen molar-refractivity contribution in [1.29, 1.82) is 0 Å². The predicted octanol–water partition coefficient (Wildman–Crippen LogP) is -0.261. The summed E-state index contributed by atoms with van der Waals surface area (Å²) < 4.78 is 4.73. The van der Waals surface area contributed by atoms with Crippen LogP contribution in [0.2, 0.25) is 0 Å². The summed E-state index contributed by atoms with van der Waals surface area (Å²) >= 11 is 0. The van der Waals surface area contributed by atoms with Crippen molar-refractivity contribution in [3.8, 4) is 0 Å². The highest BCUT2D eigenvalue weighted by Crippen LogP contribution is 2.23. The first-order valence-corrected chi connectivity index (χ1v) is 6.46. The molecule has 0 aromatic rings. The molecule has 3 amide bonds. The fourth-order valence-corrected chi connectivity index (χ4v) is 2.23. The number of amides is 3. The van der Waals surface area contributed by atoms with Gasteiger partial charge in [-0.25, -0.2) is 4.79 Å². The second kappa shape index (κ2) is 7.64. The second-order valence-electron chi connectivity index (χ2n) is 4.85. The second-order valence-corrected chi connectivity index (χ2v) is 4.85. The summed E-state index contributed by atoms with van der Waals surface area (Å²) in [5, 5.41) is 4.67. The van der Waals surface area contributed by atoms with Crippen molar-refractivity contribution >= 4 is 17.9 Å². The zero-order valence-electron chi connectivity index (χ0n) is 11.8. The van der Waals surface area contributed by atoms with Crippen molar-refractivity contribution < 1.29 is 19.1 Å². The summed E-state index contributed by atoms with van der Waals surface area (Å²) in [6.45, 7) is 6.87. The number of methoxy groups -OCH3 is 1. The van der Waals surface area contributed by atoms with Gasteiger partial charge >= 0.3 is 12.0 Å². The molecule has 1 rings (SSSR count). The molecular weight excluding hydrogens is 262 g/mol. The normalized spacial score (nSPS) is 22.1. The Morgan fingerprint density at radius 3 is 2.70 bits per heavy atom. The third-order valence-electron chi connectivity index (χ3n) is 3.22. The molecule has 0 saturated carbocycles. The van der Waals surface area contributed by atoms with Gasteiger partial charge in [0, 0.05) is 19.6 Å². The molecule has 0 aromatic heterocycles. The number of carbonyl (C=O) groups excluding carboxylic acids is 3. The maximum atomic E-state index is 11.7. The summed E-state index contributed by atoms with van der Waals surface area (Å²) in [4.78, 5) is 36.3. The van der Waals surface area contributed by atoms with Gasteiger partial charge in [-0.3, -0.25) is 19.8 Å². The molecule has 2 unspecified atom stereocenters. The minimum Gasteiger partial charge on any atom is -0.469 e. The maximum Gasteiger partial charge on any atom is 0.321 e. The molecule has 1 aliphatic rings. The average Bonchev–Trinajstić information content (AvgIpc) is 2.75. The van der Waals surface area contributed by atoms with Crippen LogP contribution in [0.25, 0.3) is 0 Å². The number of hydrogen-bond acceptors (Lipinski definition) is 5. The van der Waals surface area contributed by atoms with Crippen molar-refractivity contribution in [3.05, 3.63) is 12.7 Å². The third kappa shape index (κ3) is 4.65. The molecule has 1 heterocycles. The molecule has 0 aliphatic carbocycles. The summed E-state index contributed by atoms with van der Waals surface area (Å²) in [6.07, 6.45) is 1.52. The Morgan fingerprint density at radius 1 is 1.40 bits per heavy atom. The van der Waals surface area contributed by atoms with Crippen molar-refractivity contribution in [3.63, 3.8) is 0 Å². The lowest BCUT2D eigenvalue weighted by atomic mass is 9.99. The molecule has 1 saturated heterocycles. The van der Waals surface area contributed by atoms with Gasteiger partial charge in [-0.15, -0.1) is 6.58 Å². The number of esters is 1. The zero-order valence-corrected chi connectivity index (χ0v) is 11.8. The molecule has 2 atom stereocenters. The van der Waals surface area contributed by atoms with Crippen molar-refractivity contribution in [2.45, 2.75) is 6.92 Å². The topological polar surface area (TPSA) is 87.7 Å². The maximum absolute atomic E-state index is 11.7. The summed E-state index contributed by atoms with van der Waals surface area (Å²) in [7, 11) is 1.36. The third-order valence-corrected chi connectivity index (χ3v) is 3.22. The lowest BCUT2D eigenvalue weighted by molar-refractivity contribution is -0.146. The lowest BCUT2D eigenvalue weighted by Gasteiger charge is -2.14. The molecule has 20 heavy (non-hydrogen) atoms. The molecule has 7 heteroatoms. The van der Waals surface area contributed by atoms with Gasteiger partial charge in [-0.05, 0) is 5.92 Å². The molecule has 1 fully saturated rings. The van der Waals surface area contributed by atoms with Gasteiger partial charge in [0.2, 0.25) is 5.91 Å². The molecular formula is C13H21N3O4. The number of ether oxygens (including phenoxy) is 1. The number of carbonyl (C=O) groups is 3. The lowest BCUT2D eigenvalue weighted by Crippen LogP contribution is -2.44. The Kier molecular flexibility index (Phi) is 6.17. The Bertz CT molecular complexity index is 397. The minimum atomic E-state index is -0.549. The Hall–Kier alpha value is -1.89. The average molecular weight is 283 g/mol. The van der Waals surface area contributed by atoms with Gasteiger partial charge in [0.05, 0.1) is 19.6 Å². The van der Waals surface area contributed by atoms with Crippen LogP contribution in [-0.4, -0.2) is 56.1 Å². The van der Waals surface area contributed by atoms with Crippen molar-refractivity contribution in [1.82, 2.24) is 15.5 Å². The van der Waals surface area contributed by atoms with Crippen LogP contribution in [-0.2, 0) is 14.3 Å². The van der Waals surface area contributed by atoms with E-state index in [1.165, 1.54) is 13.2 Å². The van der Waals surface area contributed by atoms with Crippen LogP contribution >= 0.6 is 0 Å². The van der Waals surface area contributed by atoms with Crippen LogP contribution in [0.5, 0.6) is 0 Å². The molecule has 7 nitrogen and oxygen atoms in total. The van der Waals surface area contributed by atoms with Crippen molar-refractivity contribution in [2.24, 2.45) is 11.8 Å². The van der Waals surface area contributed by atoms with Gasteiger partial charge in [0.15, 0.2) is 0 Å². The molecule has 0 spiro atoms. The van der Waals surface area contributed by atoms with Crippen LogP contribution in [0, 0.1) is 11.8 Å². The van der Waals surface area contributed by atoms with Gasteiger partial charge in [0.1, 0.15) is 0 Å². The van der Waals surface area contributed by atoms with E-state index in [1.807, 2.05) is 11.8 Å². The first-order valence-electron chi connectivity index (χ1n) is 6.46. The first kappa shape index (κ1) is 16.2. The highest BCUT2D eigenvalue weighted by Gasteiger charge is 2.36. The fourth-order valence-electron chi connectivity index (χ4n) is 2.23. The van der Waals surface area contributed by atoms with Crippen LogP contribution < -0.4 is 10.6 Å². The molecule has 112 valence electrons. The quantitative estimate of drug-likeness (QED) is 0.536. The number of hydrogen-bond donors (Lipinski definition) is 2. The SMILES string of the molecule is C=CCNC(=O)NC(=O)CN1CC(C)C(C(=O)OC)C1. The number of likely N-dealkylation sites (tertiary alicyclic amines) is 1. The van der Waals surface area contributed by atoms with Gasteiger partial charge in [0.25, 0.3) is 0 Å². The molecule has 0 aromatic carbocycles. The van der Waals surface area contributed by atoms with E-state index >= 15 is 0 Å². The van der Waals surface area contributed by atoms with Gasteiger partial charge < -0.3 is 10.1 Å². The van der Waals surface area contributed by atoms with Gasteiger partial charge in [-0.2, -0.15) is 0 Å². The van der Waals surface area contributed by atoms with E-state index in [4.69, 9.17) is 4.74 Å². The van der Waals surface area contributed by atoms with Crippen molar-refractivity contribution in [2.75, 3.05) is 33.3 Å². The highest BCUT2D eigenvalue weighted by molar-refractivity contribution is 5.95. The Labute approximate surface area is 118 Å². The van der Waals surface area contributed by atoms with E-state index in [-0.39, 0.29) is 24.3 Å². The minimum absolute atomic E-state index is 0.0827. The van der Waals surface area contributed by atoms with E-state index < -0.39 is 11.9 Å². The molecule has 0 radical (unpaired) electrons.